The molecular weight excluding hydrogens is 170 g/mol. The molecule has 0 aliphatic heterocycles. The molecule has 0 saturated carbocycles. The van der Waals surface area contributed by atoms with Gasteiger partial charge in [0.2, 0.25) is 0 Å². The van der Waals surface area contributed by atoms with Gasteiger partial charge in [-0.15, -0.1) is 0 Å². The molecule has 1 rings (SSSR count). The third-order valence-electron chi connectivity index (χ3n) is 1.65. The normalized spacial score (nSPS) is 9.77. The summed E-state index contributed by atoms with van der Waals surface area (Å²) in [5, 5.41) is 8.81. The van der Waals surface area contributed by atoms with Crippen molar-refractivity contribution in [3.05, 3.63) is 23.5 Å². The molecule has 1 aromatic heterocycles. The zero-order valence-corrected chi connectivity index (χ0v) is 7.57. The molecule has 0 aliphatic rings. The van der Waals surface area contributed by atoms with E-state index in [0.29, 0.717) is 17.0 Å². The number of nitrogens with zero attached hydrogens (tertiary/aromatic N) is 1. The van der Waals surface area contributed by atoms with E-state index in [9.17, 15) is 4.79 Å². The van der Waals surface area contributed by atoms with Crippen LogP contribution in [0.4, 0.5) is 0 Å². The minimum atomic E-state index is -0.152. The minimum Gasteiger partial charge on any atom is -0.494 e. The summed E-state index contributed by atoms with van der Waals surface area (Å²) < 4.78 is 4.95. The van der Waals surface area contributed by atoms with Crippen molar-refractivity contribution in [2.24, 2.45) is 0 Å². The number of hydrogen-bond acceptors (Lipinski definition) is 4. The maximum absolute atomic E-state index is 11.0. The van der Waals surface area contributed by atoms with Crippen molar-refractivity contribution < 1.29 is 14.6 Å². The molecule has 0 amide bonds. The van der Waals surface area contributed by atoms with E-state index < -0.39 is 0 Å². The van der Waals surface area contributed by atoms with E-state index >= 15 is 0 Å². The fourth-order valence-corrected chi connectivity index (χ4v) is 0.992. The first-order valence-electron chi connectivity index (χ1n) is 3.83. The number of pyridine rings is 1. The lowest BCUT2D eigenvalue weighted by atomic mass is 10.2. The Kier molecular flexibility index (Phi) is 2.97. The Labute approximate surface area is 76.2 Å². The molecule has 0 unspecified atom stereocenters. The maximum atomic E-state index is 11.0. The average Bonchev–Trinajstić information content (AvgIpc) is 2.16. The van der Waals surface area contributed by atoms with Crippen molar-refractivity contribution >= 4 is 5.78 Å². The molecule has 4 nitrogen and oxygen atoms in total. The highest BCUT2D eigenvalue weighted by atomic mass is 16.5. The van der Waals surface area contributed by atoms with Gasteiger partial charge >= 0.3 is 0 Å². The number of ketones is 1. The van der Waals surface area contributed by atoms with Crippen LogP contribution in [0.25, 0.3) is 0 Å². The van der Waals surface area contributed by atoms with Crippen molar-refractivity contribution in [2.45, 2.75) is 13.5 Å². The van der Waals surface area contributed by atoms with Gasteiger partial charge in [-0.05, 0) is 11.6 Å². The Morgan fingerprint density at radius 1 is 1.69 bits per heavy atom. The number of aromatic nitrogens is 1. The van der Waals surface area contributed by atoms with Gasteiger partial charge in [-0.25, -0.2) is 4.98 Å². The molecule has 0 saturated heterocycles. The predicted octanol–water partition coefficient (Wildman–Crippen LogP) is 0.785. The second kappa shape index (κ2) is 4.00. The number of methoxy groups -OCH3 is 1. The zero-order chi connectivity index (χ0) is 9.84. The molecule has 0 fully saturated rings. The summed E-state index contributed by atoms with van der Waals surface area (Å²) in [7, 11) is 1.46. The van der Waals surface area contributed by atoms with Gasteiger partial charge < -0.3 is 9.84 Å². The molecule has 70 valence electrons. The van der Waals surface area contributed by atoms with Crippen molar-refractivity contribution in [1.82, 2.24) is 4.98 Å². The van der Waals surface area contributed by atoms with Crippen LogP contribution >= 0.6 is 0 Å². The Hall–Kier alpha value is -1.42. The summed E-state index contributed by atoms with van der Waals surface area (Å²) in [6, 6.07) is 1.60. The highest BCUT2D eigenvalue weighted by molar-refractivity contribution is 5.94. The number of hydrogen-bond donors (Lipinski definition) is 1. The van der Waals surface area contributed by atoms with Crippen LogP contribution in [0.1, 0.15) is 23.0 Å². The molecule has 0 aromatic carbocycles. The van der Waals surface area contributed by atoms with Crippen molar-refractivity contribution in [1.29, 1.82) is 0 Å². The first kappa shape index (κ1) is 9.67. The van der Waals surface area contributed by atoms with Crippen molar-refractivity contribution in [2.75, 3.05) is 7.11 Å². The molecule has 0 spiro atoms. The van der Waals surface area contributed by atoms with Crippen LogP contribution < -0.4 is 4.74 Å². The smallest absolute Gasteiger partial charge is 0.181 e. The van der Waals surface area contributed by atoms with Crippen LogP contribution in [0.5, 0.6) is 5.75 Å². The van der Waals surface area contributed by atoms with Crippen LogP contribution in [0.15, 0.2) is 12.3 Å². The Bertz CT molecular complexity index is 323. The van der Waals surface area contributed by atoms with Gasteiger partial charge in [0.15, 0.2) is 5.78 Å². The number of aliphatic hydroxyl groups excluding tert-OH is 1. The van der Waals surface area contributed by atoms with Crippen LogP contribution in [0.2, 0.25) is 0 Å². The summed E-state index contributed by atoms with van der Waals surface area (Å²) in [6.45, 7) is 1.31. The monoisotopic (exact) mass is 181 g/mol. The minimum absolute atomic E-state index is 0.110. The van der Waals surface area contributed by atoms with Crippen LogP contribution in [0.3, 0.4) is 0 Å². The van der Waals surface area contributed by atoms with E-state index in [-0.39, 0.29) is 12.4 Å². The molecule has 0 radical (unpaired) electrons. The van der Waals surface area contributed by atoms with Gasteiger partial charge in [-0.1, -0.05) is 0 Å². The summed E-state index contributed by atoms with van der Waals surface area (Å²) in [5.74, 6) is 0.250. The zero-order valence-electron chi connectivity index (χ0n) is 7.57. The van der Waals surface area contributed by atoms with Crippen LogP contribution in [-0.4, -0.2) is 23.0 Å². The van der Waals surface area contributed by atoms with E-state index in [1.165, 1.54) is 20.2 Å². The van der Waals surface area contributed by atoms with E-state index in [4.69, 9.17) is 9.84 Å². The third kappa shape index (κ3) is 2.03. The summed E-state index contributed by atoms with van der Waals surface area (Å²) in [4.78, 5) is 14.9. The SMILES string of the molecule is COc1cc(CO)cnc1C(C)=O. The lowest BCUT2D eigenvalue weighted by Crippen LogP contribution is -2.02. The number of rotatable bonds is 3. The quantitative estimate of drug-likeness (QED) is 0.700. The highest BCUT2D eigenvalue weighted by Crippen LogP contribution is 2.17. The Morgan fingerprint density at radius 2 is 2.38 bits per heavy atom. The van der Waals surface area contributed by atoms with E-state index in [2.05, 4.69) is 4.98 Å². The number of carbonyl (C=O) groups is 1. The van der Waals surface area contributed by atoms with E-state index in [1.54, 1.807) is 6.07 Å². The van der Waals surface area contributed by atoms with Gasteiger partial charge in [0.1, 0.15) is 11.4 Å². The van der Waals surface area contributed by atoms with Crippen molar-refractivity contribution in [3.8, 4) is 5.75 Å². The molecule has 0 aliphatic carbocycles. The summed E-state index contributed by atoms with van der Waals surface area (Å²) in [6.07, 6.45) is 1.46. The summed E-state index contributed by atoms with van der Waals surface area (Å²) >= 11 is 0. The standard InChI is InChI=1S/C9H11NO3/c1-6(12)9-8(13-2)3-7(5-11)4-10-9/h3-4,11H,5H2,1-2H3. The summed E-state index contributed by atoms with van der Waals surface area (Å²) in [5.41, 5.74) is 0.918. The van der Waals surface area contributed by atoms with Crippen molar-refractivity contribution in [3.63, 3.8) is 0 Å². The van der Waals surface area contributed by atoms with Crippen LogP contribution in [-0.2, 0) is 6.61 Å². The predicted molar refractivity (Wildman–Crippen MR) is 46.7 cm³/mol. The molecule has 0 bridgehead atoms. The van der Waals surface area contributed by atoms with Gasteiger partial charge in [-0.3, -0.25) is 4.79 Å². The van der Waals surface area contributed by atoms with E-state index in [0.717, 1.165) is 0 Å². The molecular formula is C9H11NO3. The third-order valence-corrected chi connectivity index (χ3v) is 1.65. The van der Waals surface area contributed by atoms with Gasteiger partial charge in [0, 0.05) is 13.1 Å². The second-order valence-electron chi connectivity index (χ2n) is 2.61. The number of aliphatic hydroxyl groups is 1. The highest BCUT2D eigenvalue weighted by Gasteiger charge is 2.09. The van der Waals surface area contributed by atoms with Gasteiger partial charge in [-0.2, -0.15) is 0 Å². The lowest BCUT2D eigenvalue weighted by molar-refractivity contribution is 0.100. The topological polar surface area (TPSA) is 59.4 Å². The lowest BCUT2D eigenvalue weighted by Gasteiger charge is -2.05. The first-order valence-corrected chi connectivity index (χ1v) is 3.83. The number of carbonyl (C=O) groups excluding carboxylic acids is 1. The fraction of sp³-hybridized carbons (Fsp3) is 0.333. The van der Waals surface area contributed by atoms with Crippen LogP contribution in [0, 0.1) is 0 Å². The van der Waals surface area contributed by atoms with Gasteiger partial charge in [0.05, 0.1) is 13.7 Å². The maximum Gasteiger partial charge on any atom is 0.181 e. The van der Waals surface area contributed by atoms with E-state index in [1.807, 2.05) is 0 Å². The first-order chi connectivity index (χ1) is 6.19. The fourth-order valence-electron chi connectivity index (χ4n) is 0.992. The molecule has 13 heavy (non-hydrogen) atoms. The average molecular weight is 181 g/mol. The Morgan fingerprint density at radius 3 is 2.85 bits per heavy atom. The second-order valence-corrected chi connectivity index (χ2v) is 2.61. The molecule has 1 N–H and O–H groups in total. The van der Waals surface area contributed by atoms with Gasteiger partial charge in [0.25, 0.3) is 0 Å². The molecule has 1 heterocycles. The number of ether oxygens (including phenoxy) is 1. The molecule has 4 heteroatoms. The largest absolute Gasteiger partial charge is 0.494 e. The molecule has 1 aromatic rings. The molecule has 0 atom stereocenters. The number of Topliss-reactive ketones (excluding diaryl/α,β-unsaturated/α-hetero) is 1. The Balaban J connectivity index is 3.15.